The highest BCUT2D eigenvalue weighted by Crippen LogP contribution is 2.41. The third-order valence-electron chi connectivity index (χ3n) is 5.39. The number of thiophene rings is 1. The first kappa shape index (κ1) is 17.9. The first-order valence-electron chi connectivity index (χ1n) is 9.74. The van der Waals surface area contributed by atoms with E-state index in [1.165, 1.54) is 11.3 Å². The van der Waals surface area contributed by atoms with Gasteiger partial charge in [0.05, 0.1) is 11.3 Å². The molecule has 0 unspecified atom stereocenters. The first-order valence-corrected chi connectivity index (χ1v) is 10.6. The maximum absolute atomic E-state index is 13.6. The number of benzene rings is 2. The van der Waals surface area contributed by atoms with Gasteiger partial charge >= 0.3 is 0 Å². The number of rotatable bonds is 4. The van der Waals surface area contributed by atoms with Crippen LogP contribution in [0.1, 0.15) is 27.9 Å². The number of aryl methyl sites for hydroxylation is 1. The molecule has 4 nitrogen and oxygen atoms in total. The number of para-hydroxylation sites is 1. The highest BCUT2D eigenvalue weighted by molar-refractivity contribution is 7.23. The predicted octanol–water partition coefficient (Wildman–Crippen LogP) is 4.80. The summed E-state index contributed by atoms with van der Waals surface area (Å²) in [5.74, 6) is 0.0140. The van der Waals surface area contributed by atoms with Crippen LogP contribution in [0.5, 0.6) is 0 Å². The Morgan fingerprint density at radius 1 is 0.966 bits per heavy atom. The molecule has 0 radical (unpaired) electrons. The molecule has 1 saturated heterocycles. The molecular weight excluding hydrogens is 380 g/mol. The van der Waals surface area contributed by atoms with Gasteiger partial charge < -0.3 is 4.90 Å². The highest BCUT2D eigenvalue weighted by atomic mass is 32.1. The zero-order valence-corrected chi connectivity index (χ0v) is 16.9. The van der Waals surface area contributed by atoms with Gasteiger partial charge in [-0.25, -0.2) is 0 Å². The summed E-state index contributed by atoms with van der Waals surface area (Å²) in [6.45, 7) is 3.87. The predicted molar refractivity (Wildman–Crippen MR) is 119 cm³/mol. The van der Waals surface area contributed by atoms with E-state index in [-0.39, 0.29) is 11.3 Å². The third kappa shape index (κ3) is 2.98. The number of pyridine rings is 1. The number of nitrogens with zero attached hydrogens (tertiary/aromatic N) is 2. The molecule has 5 rings (SSSR count). The minimum absolute atomic E-state index is 0.0140. The summed E-state index contributed by atoms with van der Waals surface area (Å²) >= 11 is 1.54. The molecule has 0 aliphatic carbocycles. The van der Waals surface area contributed by atoms with E-state index in [0.29, 0.717) is 11.1 Å². The van der Waals surface area contributed by atoms with Crippen LogP contribution >= 0.6 is 11.3 Å². The lowest BCUT2D eigenvalue weighted by atomic mass is 10.00. The SMILES string of the molecule is Cc1cccc(C(=O)c2c(N3CCC3)sc3c2ccc(=O)n3-c2ccccc2)c1. The molecule has 1 aliphatic heterocycles. The molecule has 0 N–H and O–H groups in total. The summed E-state index contributed by atoms with van der Waals surface area (Å²) < 4.78 is 1.72. The van der Waals surface area contributed by atoms with Crippen LogP contribution in [0.15, 0.2) is 71.5 Å². The fraction of sp³-hybridized carbons (Fsp3) is 0.167. The van der Waals surface area contributed by atoms with Gasteiger partial charge in [-0.05, 0) is 37.6 Å². The number of hydrogen-bond acceptors (Lipinski definition) is 4. The van der Waals surface area contributed by atoms with Crippen molar-refractivity contribution in [2.75, 3.05) is 18.0 Å². The summed E-state index contributed by atoms with van der Waals surface area (Å²) in [6.07, 6.45) is 1.12. The smallest absolute Gasteiger partial charge is 0.256 e. The molecule has 0 amide bonds. The van der Waals surface area contributed by atoms with Gasteiger partial charge in [0.2, 0.25) is 0 Å². The van der Waals surface area contributed by atoms with E-state index >= 15 is 0 Å². The van der Waals surface area contributed by atoms with Crippen LogP contribution in [0.2, 0.25) is 0 Å². The Morgan fingerprint density at radius 3 is 2.45 bits per heavy atom. The number of ketones is 1. The zero-order chi connectivity index (χ0) is 20.0. The molecule has 0 bridgehead atoms. The van der Waals surface area contributed by atoms with Crippen molar-refractivity contribution < 1.29 is 4.79 Å². The quantitative estimate of drug-likeness (QED) is 0.462. The fourth-order valence-electron chi connectivity index (χ4n) is 3.78. The van der Waals surface area contributed by atoms with E-state index < -0.39 is 0 Å². The van der Waals surface area contributed by atoms with Crippen molar-refractivity contribution in [3.05, 3.63) is 93.8 Å². The lowest BCUT2D eigenvalue weighted by Gasteiger charge is -2.32. The molecule has 4 aromatic rings. The van der Waals surface area contributed by atoms with Crippen molar-refractivity contribution in [2.24, 2.45) is 0 Å². The number of carbonyl (C=O) groups excluding carboxylic acids is 1. The molecule has 0 atom stereocenters. The Morgan fingerprint density at radius 2 is 1.76 bits per heavy atom. The summed E-state index contributed by atoms with van der Waals surface area (Å²) in [6, 6.07) is 20.7. The van der Waals surface area contributed by atoms with Crippen molar-refractivity contribution in [3.63, 3.8) is 0 Å². The van der Waals surface area contributed by atoms with Crippen LogP contribution in [0.4, 0.5) is 5.00 Å². The molecule has 0 spiro atoms. The Bertz CT molecular complexity index is 1280. The zero-order valence-electron chi connectivity index (χ0n) is 16.1. The lowest BCUT2D eigenvalue weighted by Crippen LogP contribution is -2.37. The highest BCUT2D eigenvalue weighted by Gasteiger charge is 2.28. The van der Waals surface area contributed by atoms with E-state index in [0.717, 1.165) is 46.0 Å². The van der Waals surface area contributed by atoms with Crippen molar-refractivity contribution in [2.45, 2.75) is 13.3 Å². The normalized spacial score (nSPS) is 13.5. The Hall–Kier alpha value is -3.18. The third-order valence-corrected chi connectivity index (χ3v) is 6.64. The second kappa shape index (κ2) is 7.01. The number of carbonyl (C=O) groups is 1. The van der Waals surface area contributed by atoms with Crippen LogP contribution in [0.25, 0.3) is 15.9 Å². The van der Waals surface area contributed by atoms with Gasteiger partial charge in [-0.3, -0.25) is 14.2 Å². The monoisotopic (exact) mass is 400 g/mol. The van der Waals surface area contributed by atoms with Gasteiger partial charge in [-0.15, -0.1) is 0 Å². The molecule has 3 heterocycles. The fourth-order valence-corrected chi connectivity index (χ4v) is 5.15. The van der Waals surface area contributed by atoms with Crippen LogP contribution in [-0.2, 0) is 0 Å². The van der Waals surface area contributed by atoms with Crippen molar-refractivity contribution >= 4 is 32.3 Å². The second-order valence-corrected chi connectivity index (χ2v) is 8.36. The standard InChI is InChI=1S/C24H20N2O2S/c1-16-7-5-8-17(15-16)22(28)21-19-11-12-20(27)26(18-9-3-2-4-10-18)23(19)29-24(21)25-13-6-14-25/h2-5,7-12,15H,6,13-14H2,1H3. The van der Waals surface area contributed by atoms with Gasteiger partial charge in [0.1, 0.15) is 9.83 Å². The molecule has 2 aromatic heterocycles. The molecule has 5 heteroatoms. The summed E-state index contributed by atoms with van der Waals surface area (Å²) in [5, 5.41) is 1.81. The molecular formula is C24H20N2O2S. The van der Waals surface area contributed by atoms with Crippen molar-refractivity contribution in [1.82, 2.24) is 4.57 Å². The van der Waals surface area contributed by atoms with Gasteiger partial charge in [0.25, 0.3) is 5.56 Å². The molecule has 1 aliphatic rings. The van der Waals surface area contributed by atoms with Gasteiger partial charge in [-0.2, -0.15) is 0 Å². The molecule has 29 heavy (non-hydrogen) atoms. The van der Waals surface area contributed by atoms with Crippen LogP contribution < -0.4 is 10.5 Å². The number of fused-ring (bicyclic) bond motifs is 1. The van der Waals surface area contributed by atoms with Gasteiger partial charge in [0.15, 0.2) is 5.78 Å². The minimum atomic E-state index is -0.0883. The average Bonchev–Trinajstić information content (AvgIpc) is 3.05. The minimum Gasteiger partial charge on any atom is -0.363 e. The number of aromatic nitrogens is 1. The van der Waals surface area contributed by atoms with Crippen LogP contribution in [0, 0.1) is 6.92 Å². The van der Waals surface area contributed by atoms with E-state index in [1.54, 1.807) is 16.7 Å². The maximum atomic E-state index is 13.6. The van der Waals surface area contributed by atoms with Gasteiger partial charge in [0, 0.05) is 30.1 Å². The molecule has 144 valence electrons. The van der Waals surface area contributed by atoms with E-state index in [9.17, 15) is 9.59 Å². The maximum Gasteiger partial charge on any atom is 0.256 e. The Kier molecular flexibility index (Phi) is 4.32. The van der Waals surface area contributed by atoms with Crippen LogP contribution in [0.3, 0.4) is 0 Å². The second-order valence-electron chi connectivity index (χ2n) is 7.38. The summed E-state index contributed by atoms with van der Waals surface area (Å²) in [7, 11) is 0. The lowest BCUT2D eigenvalue weighted by molar-refractivity contribution is 0.104. The van der Waals surface area contributed by atoms with Crippen LogP contribution in [-0.4, -0.2) is 23.4 Å². The van der Waals surface area contributed by atoms with Crippen molar-refractivity contribution in [1.29, 1.82) is 0 Å². The van der Waals surface area contributed by atoms with E-state index in [2.05, 4.69) is 4.90 Å². The topological polar surface area (TPSA) is 42.3 Å². The number of anilines is 1. The Labute approximate surface area is 172 Å². The van der Waals surface area contributed by atoms with Crippen molar-refractivity contribution in [3.8, 4) is 5.69 Å². The van der Waals surface area contributed by atoms with E-state index in [4.69, 9.17) is 0 Å². The van der Waals surface area contributed by atoms with Gasteiger partial charge in [-0.1, -0.05) is 53.3 Å². The summed E-state index contributed by atoms with van der Waals surface area (Å²) in [4.78, 5) is 29.4. The summed E-state index contributed by atoms with van der Waals surface area (Å²) in [5.41, 5.74) is 3.18. The van der Waals surface area contributed by atoms with E-state index in [1.807, 2.05) is 61.5 Å². The average molecular weight is 401 g/mol. The number of hydrogen-bond donors (Lipinski definition) is 0. The molecule has 2 aromatic carbocycles. The molecule has 1 fully saturated rings. The Balaban J connectivity index is 1.79. The first-order chi connectivity index (χ1) is 14.1. The molecule has 0 saturated carbocycles. The largest absolute Gasteiger partial charge is 0.363 e.